The second-order valence-corrected chi connectivity index (χ2v) is 5.82. The third-order valence-corrected chi connectivity index (χ3v) is 4.33. The van der Waals surface area contributed by atoms with Gasteiger partial charge < -0.3 is 5.32 Å². The summed E-state index contributed by atoms with van der Waals surface area (Å²) in [6.07, 6.45) is 2.63. The van der Waals surface area contributed by atoms with Crippen LogP contribution in [-0.2, 0) is 6.42 Å². The van der Waals surface area contributed by atoms with Crippen molar-refractivity contribution < 1.29 is 0 Å². The summed E-state index contributed by atoms with van der Waals surface area (Å²) in [6, 6.07) is 0. The Morgan fingerprint density at radius 2 is 1.94 bits per heavy atom. The molecule has 0 bridgehead atoms. The number of hydrogen-bond donors (Lipinski definition) is 1. The van der Waals surface area contributed by atoms with Crippen molar-refractivity contribution in [2.24, 2.45) is 5.92 Å². The second kappa shape index (κ2) is 6.84. The van der Waals surface area contributed by atoms with Crippen molar-refractivity contribution in [1.29, 1.82) is 0 Å². The molecule has 0 spiro atoms. The fourth-order valence-corrected chi connectivity index (χ4v) is 2.56. The van der Waals surface area contributed by atoms with Gasteiger partial charge in [-0.2, -0.15) is 0 Å². The van der Waals surface area contributed by atoms with Gasteiger partial charge in [0.1, 0.15) is 17.2 Å². The lowest BCUT2D eigenvalue weighted by Crippen LogP contribution is -2.09. The molecule has 0 amide bonds. The Balaban J connectivity index is 2.94. The highest BCUT2D eigenvalue weighted by molar-refractivity contribution is 7.99. The maximum atomic E-state index is 4.43. The second-order valence-electron chi connectivity index (χ2n) is 4.46. The standard InChI is InChI=1S/C13H23N3S/c1-6-11-12(14-7-2)15-8-16-13(11)17-10(5)9(3)4/h8-10H,6-7H2,1-5H3,(H,14,15,16). The van der Waals surface area contributed by atoms with Crippen molar-refractivity contribution in [3.63, 3.8) is 0 Å². The molecule has 0 aliphatic heterocycles. The van der Waals surface area contributed by atoms with Crippen LogP contribution in [0.4, 0.5) is 5.82 Å². The summed E-state index contributed by atoms with van der Waals surface area (Å²) in [7, 11) is 0. The zero-order valence-electron chi connectivity index (χ0n) is 11.4. The fraction of sp³-hybridized carbons (Fsp3) is 0.692. The average molecular weight is 253 g/mol. The minimum Gasteiger partial charge on any atom is -0.370 e. The average Bonchev–Trinajstić information content (AvgIpc) is 2.29. The number of hydrogen-bond acceptors (Lipinski definition) is 4. The first kappa shape index (κ1) is 14.3. The van der Waals surface area contributed by atoms with E-state index in [9.17, 15) is 0 Å². The Labute approximate surface area is 109 Å². The number of anilines is 1. The Hall–Kier alpha value is -0.770. The molecule has 0 fully saturated rings. The van der Waals surface area contributed by atoms with Crippen molar-refractivity contribution in [2.45, 2.75) is 51.3 Å². The van der Waals surface area contributed by atoms with Crippen LogP contribution < -0.4 is 5.32 Å². The van der Waals surface area contributed by atoms with E-state index in [0.717, 1.165) is 23.8 Å². The lowest BCUT2D eigenvalue weighted by atomic mass is 10.2. The molecule has 1 unspecified atom stereocenters. The van der Waals surface area contributed by atoms with Gasteiger partial charge in [0.15, 0.2) is 0 Å². The van der Waals surface area contributed by atoms with E-state index in [2.05, 4.69) is 49.9 Å². The minimum atomic E-state index is 0.574. The van der Waals surface area contributed by atoms with Crippen LogP contribution in [0.5, 0.6) is 0 Å². The van der Waals surface area contributed by atoms with Gasteiger partial charge >= 0.3 is 0 Å². The molecular weight excluding hydrogens is 230 g/mol. The van der Waals surface area contributed by atoms with Crippen LogP contribution >= 0.6 is 11.8 Å². The molecule has 1 aromatic heterocycles. The van der Waals surface area contributed by atoms with Gasteiger partial charge in [0.2, 0.25) is 0 Å². The quantitative estimate of drug-likeness (QED) is 0.621. The van der Waals surface area contributed by atoms with Gasteiger partial charge in [-0.25, -0.2) is 9.97 Å². The van der Waals surface area contributed by atoms with Crippen LogP contribution in [0.3, 0.4) is 0 Å². The summed E-state index contributed by atoms with van der Waals surface area (Å²) in [5, 5.41) is 5.00. The number of rotatable bonds is 6. The van der Waals surface area contributed by atoms with E-state index in [1.54, 1.807) is 6.33 Å². The molecule has 1 N–H and O–H groups in total. The van der Waals surface area contributed by atoms with Crippen molar-refractivity contribution in [1.82, 2.24) is 9.97 Å². The smallest absolute Gasteiger partial charge is 0.133 e. The van der Waals surface area contributed by atoms with Crippen molar-refractivity contribution >= 4 is 17.6 Å². The van der Waals surface area contributed by atoms with E-state index in [1.165, 1.54) is 5.56 Å². The summed E-state index contributed by atoms with van der Waals surface area (Å²) >= 11 is 1.85. The zero-order chi connectivity index (χ0) is 12.8. The third kappa shape index (κ3) is 3.87. The number of aromatic nitrogens is 2. The Bertz CT molecular complexity index is 353. The molecule has 1 rings (SSSR count). The fourth-order valence-electron chi connectivity index (χ4n) is 1.45. The topological polar surface area (TPSA) is 37.8 Å². The molecule has 4 heteroatoms. The molecule has 0 saturated carbocycles. The first-order chi connectivity index (χ1) is 8.10. The highest BCUT2D eigenvalue weighted by atomic mass is 32.2. The van der Waals surface area contributed by atoms with Crippen LogP contribution in [-0.4, -0.2) is 21.8 Å². The molecule has 3 nitrogen and oxygen atoms in total. The first-order valence-electron chi connectivity index (χ1n) is 6.34. The molecule has 0 aliphatic rings. The van der Waals surface area contributed by atoms with Crippen molar-refractivity contribution in [2.75, 3.05) is 11.9 Å². The largest absolute Gasteiger partial charge is 0.370 e. The molecule has 96 valence electrons. The summed E-state index contributed by atoms with van der Waals surface area (Å²) in [5.74, 6) is 1.64. The van der Waals surface area contributed by atoms with E-state index in [1.807, 2.05) is 11.8 Å². The lowest BCUT2D eigenvalue weighted by molar-refractivity contribution is 0.641. The molecule has 1 atom stereocenters. The summed E-state index contributed by atoms with van der Waals surface area (Å²) < 4.78 is 0. The monoisotopic (exact) mass is 253 g/mol. The van der Waals surface area contributed by atoms with Crippen LogP contribution in [0.1, 0.15) is 40.2 Å². The normalized spacial score (nSPS) is 12.8. The summed E-state index contributed by atoms with van der Waals surface area (Å²) in [5.41, 5.74) is 1.24. The summed E-state index contributed by atoms with van der Waals surface area (Å²) in [4.78, 5) is 8.74. The SMILES string of the molecule is CCNc1ncnc(SC(C)C(C)C)c1CC. The van der Waals surface area contributed by atoms with E-state index in [4.69, 9.17) is 0 Å². The Kier molecular flexibility index (Phi) is 5.75. The molecule has 17 heavy (non-hydrogen) atoms. The maximum Gasteiger partial charge on any atom is 0.133 e. The van der Waals surface area contributed by atoms with Crippen LogP contribution in [0.15, 0.2) is 11.4 Å². The van der Waals surface area contributed by atoms with E-state index < -0.39 is 0 Å². The van der Waals surface area contributed by atoms with Crippen LogP contribution in [0.2, 0.25) is 0 Å². The zero-order valence-corrected chi connectivity index (χ0v) is 12.3. The molecule has 0 radical (unpaired) electrons. The van der Waals surface area contributed by atoms with Gasteiger partial charge in [-0.05, 0) is 19.3 Å². The van der Waals surface area contributed by atoms with Gasteiger partial charge in [-0.3, -0.25) is 0 Å². The minimum absolute atomic E-state index is 0.574. The van der Waals surface area contributed by atoms with Gasteiger partial charge in [-0.15, -0.1) is 11.8 Å². The van der Waals surface area contributed by atoms with Crippen molar-refractivity contribution in [3.05, 3.63) is 11.9 Å². The number of nitrogens with one attached hydrogen (secondary N) is 1. The Morgan fingerprint density at radius 3 is 2.47 bits per heavy atom. The van der Waals surface area contributed by atoms with E-state index >= 15 is 0 Å². The van der Waals surface area contributed by atoms with Crippen molar-refractivity contribution in [3.8, 4) is 0 Å². The Morgan fingerprint density at radius 1 is 1.24 bits per heavy atom. The number of thioether (sulfide) groups is 1. The molecule has 0 aromatic carbocycles. The molecule has 0 aliphatic carbocycles. The van der Waals surface area contributed by atoms with Gasteiger partial charge in [-0.1, -0.05) is 27.7 Å². The first-order valence-corrected chi connectivity index (χ1v) is 7.22. The van der Waals surface area contributed by atoms with Gasteiger partial charge in [0.25, 0.3) is 0 Å². The lowest BCUT2D eigenvalue weighted by Gasteiger charge is -2.17. The molecule has 0 saturated heterocycles. The van der Waals surface area contributed by atoms with Crippen LogP contribution in [0, 0.1) is 5.92 Å². The summed E-state index contributed by atoms with van der Waals surface area (Å²) in [6.45, 7) is 11.9. The van der Waals surface area contributed by atoms with Crippen LogP contribution in [0.25, 0.3) is 0 Å². The van der Waals surface area contributed by atoms with Gasteiger partial charge in [0, 0.05) is 17.4 Å². The number of nitrogens with zero attached hydrogens (tertiary/aromatic N) is 2. The molecule has 1 heterocycles. The predicted molar refractivity (Wildman–Crippen MR) is 75.7 cm³/mol. The predicted octanol–water partition coefficient (Wildman–Crippen LogP) is 3.61. The van der Waals surface area contributed by atoms with E-state index in [0.29, 0.717) is 11.2 Å². The van der Waals surface area contributed by atoms with E-state index in [-0.39, 0.29) is 0 Å². The third-order valence-electron chi connectivity index (χ3n) is 2.84. The molecule has 1 aromatic rings. The highest BCUT2D eigenvalue weighted by Gasteiger charge is 2.15. The molecular formula is C13H23N3S. The maximum absolute atomic E-state index is 4.43. The highest BCUT2D eigenvalue weighted by Crippen LogP contribution is 2.31. The van der Waals surface area contributed by atoms with Gasteiger partial charge in [0.05, 0.1) is 0 Å².